The molecule has 1 saturated heterocycles. The number of benzene rings is 1. The van der Waals surface area contributed by atoms with Crippen LogP contribution in [0.1, 0.15) is 47.5 Å². The van der Waals surface area contributed by atoms with Crippen LogP contribution in [0.4, 0.5) is 0 Å². The molecule has 1 aliphatic rings. The fourth-order valence-electron chi connectivity index (χ4n) is 4.01. The monoisotopic (exact) mass is 526 g/mol. The molecule has 172 valence electrons. The van der Waals surface area contributed by atoms with E-state index < -0.39 is 15.9 Å². The Balaban J connectivity index is 1.73. The lowest BCUT2D eigenvalue weighted by Gasteiger charge is -2.20. The van der Waals surface area contributed by atoms with Crippen LogP contribution in [0, 0.1) is 0 Å². The lowest BCUT2D eigenvalue weighted by Crippen LogP contribution is -2.32. The summed E-state index contributed by atoms with van der Waals surface area (Å²) in [7, 11) is -1.11. The second-order valence-electron chi connectivity index (χ2n) is 7.71. The van der Waals surface area contributed by atoms with E-state index in [1.54, 1.807) is 27.1 Å². The third-order valence-electron chi connectivity index (χ3n) is 5.79. The van der Waals surface area contributed by atoms with Crippen molar-refractivity contribution < 1.29 is 22.5 Å². The van der Waals surface area contributed by atoms with Crippen molar-refractivity contribution in [3.8, 4) is 0 Å². The zero-order valence-electron chi connectivity index (χ0n) is 17.8. The quantitative estimate of drug-likeness (QED) is 0.539. The molecule has 0 bridgehead atoms. The Bertz CT molecular complexity index is 1360. The molecule has 1 amide bonds. The normalized spacial score (nSPS) is 15.4. The van der Waals surface area contributed by atoms with Gasteiger partial charge in [0.05, 0.1) is 16.7 Å². The minimum Gasteiger partial charge on any atom is -0.381 e. The van der Waals surface area contributed by atoms with Gasteiger partial charge in [-0.2, -0.15) is 0 Å². The Morgan fingerprint density at radius 1 is 1.22 bits per heavy atom. The Hall–Kier alpha value is -2.44. The smallest absolute Gasteiger partial charge is 0.328 e. The predicted molar refractivity (Wildman–Crippen MR) is 119 cm³/mol. The highest BCUT2D eigenvalue weighted by Gasteiger charge is 2.32. The van der Waals surface area contributed by atoms with Gasteiger partial charge in [0.1, 0.15) is 16.2 Å². The van der Waals surface area contributed by atoms with Crippen LogP contribution < -0.4 is 10.4 Å². The van der Waals surface area contributed by atoms with Gasteiger partial charge in [-0.25, -0.2) is 17.9 Å². The summed E-state index contributed by atoms with van der Waals surface area (Å²) in [5.41, 5.74) is 1.31. The number of nitrogens with one attached hydrogen (secondary N) is 1. The molecule has 0 saturated carbocycles. The molecule has 0 unspecified atom stereocenters. The highest BCUT2D eigenvalue weighted by atomic mass is 79.9. The zero-order chi connectivity index (χ0) is 23.2. The second-order valence-corrected chi connectivity index (χ2v) is 10.2. The van der Waals surface area contributed by atoms with Crippen molar-refractivity contribution in [2.45, 2.75) is 37.0 Å². The number of carbonyl (C=O) groups is 1. The third kappa shape index (κ3) is 3.80. The number of hydrogen-bond donors (Lipinski definition) is 1. The van der Waals surface area contributed by atoms with Gasteiger partial charge in [0, 0.05) is 44.1 Å². The molecule has 1 aromatic carbocycles. The standard InChI is InChI=1S/C20H23BrN4O6S/c1-4-15-17(18(22-31-15)11-5-7-30-8-6-11)19(26)23-32(28,29)16-10-14-13(9-12(16)21)24(2)20(27)25(14)3/h9-11H,4-8H2,1-3H3,(H,23,26). The molecule has 1 fully saturated rings. The van der Waals surface area contributed by atoms with Crippen LogP contribution >= 0.6 is 15.9 Å². The maximum atomic E-state index is 13.2. The lowest BCUT2D eigenvalue weighted by molar-refractivity contribution is 0.0830. The van der Waals surface area contributed by atoms with Gasteiger partial charge in [0.15, 0.2) is 0 Å². The van der Waals surface area contributed by atoms with E-state index in [2.05, 4.69) is 25.8 Å². The number of fused-ring (bicyclic) bond motifs is 1. The van der Waals surface area contributed by atoms with Gasteiger partial charge < -0.3 is 9.26 Å². The van der Waals surface area contributed by atoms with Gasteiger partial charge in [-0.3, -0.25) is 13.9 Å². The highest BCUT2D eigenvalue weighted by Crippen LogP contribution is 2.32. The Morgan fingerprint density at radius 3 is 2.47 bits per heavy atom. The van der Waals surface area contributed by atoms with Crippen molar-refractivity contribution >= 4 is 42.9 Å². The number of imidazole rings is 1. The maximum absolute atomic E-state index is 13.2. The fraction of sp³-hybridized carbons (Fsp3) is 0.450. The molecule has 1 aliphatic heterocycles. The fourth-order valence-corrected chi connectivity index (χ4v) is 6.02. The summed E-state index contributed by atoms with van der Waals surface area (Å²) in [6.45, 7) is 2.89. The SMILES string of the molecule is CCc1onc(C2CCOCC2)c1C(=O)NS(=O)(=O)c1cc2c(cc1Br)n(C)c(=O)n2C. The number of carbonyl (C=O) groups excluding carboxylic acids is 1. The predicted octanol–water partition coefficient (Wildman–Crippen LogP) is 2.20. The van der Waals surface area contributed by atoms with Crippen LogP contribution in [0.5, 0.6) is 0 Å². The molecule has 0 spiro atoms. The molecule has 1 N–H and O–H groups in total. The molecule has 0 atom stereocenters. The summed E-state index contributed by atoms with van der Waals surface area (Å²) in [5.74, 6) is -0.504. The Labute approximate surface area is 192 Å². The number of nitrogens with zero attached hydrogens (tertiary/aromatic N) is 3. The third-order valence-corrected chi connectivity index (χ3v) is 8.08. The summed E-state index contributed by atoms with van der Waals surface area (Å²) in [5, 5.41) is 4.08. The van der Waals surface area contributed by atoms with Gasteiger partial charge in [-0.15, -0.1) is 0 Å². The number of amides is 1. The van der Waals surface area contributed by atoms with Crippen LogP contribution in [-0.4, -0.2) is 41.8 Å². The van der Waals surface area contributed by atoms with Crippen molar-refractivity contribution in [2.75, 3.05) is 13.2 Å². The molecule has 2 aromatic heterocycles. The van der Waals surface area contributed by atoms with Gasteiger partial charge in [0.2, 0.25) is 0 Å². The van der Waals surface area contributed by atoms with Crippen LogP contribution in [-0.2, 0) is 35.3 Å². The minimum absolute atomic E-state index is 0.0433. The first kappa shape index (κ1) is 22.7. The summed E-state index contributed by atoms with van der Waals surface area (Å²) in [4.78, 5) is 25.2. The topological polar surface area (TPSA) is 125 Å². The largest absolute Gasteiger partial charge is 0.381 e. The molecular weight excluding hydrogens is 504 g/mol. The summed E-state index contributed by atoms with van der Waals surface area (Å²) < 4.78 is 42.2. The summed E-state index contributed by atoms with van der Waals surface area (Å²) in [6, 6.07) is 2.91. The van der Waals surface area contributed by atoms with E-state index in [1.807, 2.05) is 0 Å². The first-order valence-corrected chi connectivity index (χ1v) is 12.4. The van der Waals surface area contributed by atoms with Gasteiger partial charge in [-0.05, 0) is 40.9 Å². The van der Waals surface area contributed by atoms with E-state index >= 15 is 0 Å². The Morgan fingerprint density at radius 2 is 1.84 bits per heavy atom. The summed E-state index contributed by atoms with van der Waals surface area (Å²) >= 11 is 3.27. The molecule has 32 heavy (non-hydrogen) atoms. The van der Waals surface area contributed by atoms with E-state index in [-0.39, 0.29) is 26.5 Å². The molecule has 12 heteroatoms. The number of sulfonamides is 1. The number of ether oxygens (including phenoxy) is 1. The van der Waals surface area contributed by atoms with Crippen molar-refractivity contribution in [1.82, 2.24) is 19.0 Å². The Kier molecular flexibility index (Phi) is 6.03. The van der Waals surface area contributed by atoms with Crippen LogP contribution in [0.15, 0.2) is 30.8 Å². The summed E-state index contributed by atoms with van der Waals surface area (Å²) in [6.07, 6.45) is 1.74. The molecule has 3 heterocycles. The van der Waals surface area contributed by atoms with Crippen molar-refractivity contribution in [3.05, 3.63) is 44.1 Å². The molecule has 0 aliphatic carbocycles. The average Bonchev–Trinajstić information content (AvgIpc) is 3.29. The molecule has 10 nitrogen and oxygen atoms in total. The maximum Gasteiger partial charge on any atom is 0.328 e. The van der Waals surface area contributed by atoms with E-state index in [0.717, 1.165) is 0 Å². The highest BCUT2D eigenvalue weighted by molar-refractivity contribution is 9.10. The number of aryl methyl sites for hydroxylation is 3. The minimum atomic E-state index is -4.27. The molecular formula is C20H23BrN4O6S. The average molecular weight is 527 g/mol. The van der Waals surface area contributed by atoms with E-state index in [4.69, 9.17) is 9.26 Å². The van der Waals surface area contributed by atoms with Crippen molar-refractivity contribution in [1.29, 1.82) is 0 Å². The van der Waals surface area contributed by atoms with Gasteiger partial charge in [0.25, 0.3) is 15.9 Å². The van der Waals surface area contributed by atoms with Crippen LogP contribution in [0.2, 0.25) is 0 Å². The first-order chi connectivity index (χ1) is 15.2. The number of hydrogen-bond acceptors (Lipinski definition) is 7. The lowest BCUT2D eigenvalue weighted by atomic mass is 9.92. The zero-order valence-corrected chi connectivity index (χ0v) is 20.2. The van der Waals surface area contributed by atoms with E-state index in [0.29, 0.717) is 55.0 Å². The van der Waals surface area contributed by atoms with Crippen LogP contribution in [0.3, 0.4) is 0 Å². The first-order valence-electron chi connectivity index (χ1n) is 10.1. The number of rotatable bonds is 5. The van der Waals surface area contributed by atoms with Gasteiger partial charge in [-0.1, -0.05) is 12.1 Å². The molecule has 0 radical (unpaired) electrons. The van der Waals surface area contributed by atoms with E-state index in [9.17, 15) is 18.0 Å². The van der Waals surface area contributed by atoms with Crippen molar-refractivity contribution in [2.24, 2.45) is 14.1 Å². The number of halogens is 1. The van der Waals surface area contributed by atoms with Crippen molar-refractivity contribution in [3.63, 3.8) is 0 Å². The molecule has 3 aromatic rings. The van der Waals surface area contributed by atoms with Gasteiger partial charge >= 0.3 is 5.69 Å². The number of aromatic nitrogens is 3. The second kappa shape index (κ2) is 8.49. The molecule has 4 rings (SSSR count). The van der Waals surface area contributed by atoms with Crippen LogP contribution in [0.25, 0.3) is 11.0 Å². The van der Waals surface area contributed by atoms with E-state index in [1.165, 1.54) is 15.2 Å².